The van der Waals surface area contributed by atoms with Gasteiger partial charge >= 0.3 is 11.9 Å². The maximum absolute atomic E-state index is 15.4. The van der Waals surface area contributed by atoms with E-state index < -0.39 is 119 Å². The predicted octanol–water partition coefficient (Wildman–Crippen LogP) is 2.90. The van der Waals surface area contributed by atoms with Crippen LogP contribution in [0.3, 0.4) is 0 Å². The number of aryl methyl sites for hydroxylation is 1. The summed E-state index contributed by atoms with van der Waals surface area (Å²) in [7, 11) is 0. The molecule has 0 spiro atoms. The van der Waals surface area contributed by atoms with Crippen molar-refractivity contribution >= 4 is 75.6 Å². The number of aromatic nitrogens is 2. The number of esters is 1. The third-order valence-electron chi connectivity index (χ3n) is 15.7. The van der Waals surface area contributed by atoms with E-state index in [9.17, 15) is 67.7 Å². The first-order chi connectivity index (χ1) is 38.6. The van der Waals surface area contributed by atoms with Gasteiger partial charge in [-0.15, -0.1) is 0 Å². The molecule has 0 saturated carbocycles. The smallest absolute Gasteiger partial charge is 0.343 e. The molecular formula is C58H64FN7O15. The Kier molecular flexibility index (Phi) is 18.1. The molecule has 22 nitrogen and oxygen atoms in total. The van der Waals surface area contributed by atoms with Crippen LogP contribution in [0.15, 0.2) is 47.3 Å². The number of nitrogens with one attached hydrogen (secondary N) is 4. The number of amides is 6. The number of carboxylic acids is 1. The summed E-state index contributed by atoms with van der Waals surface area (Å²) in [6.45, 7) is 3.93. The minimum Gasteiger partial charge on any atom is -0.481 e. The average Bonchev–Trinajstić information content (AvgIpc) is 2.33. The van der Waals surface area contributed by atoms with Crippen LogP contribution in [0, 0.1) is 24.6 Å². The highest BCUT2D eigenvalue weighted by Crippen LogP contribution is 2.46. The summed E-state index contributed by atoms with van der Waals surface area (Å²) in [6, 6.07) is 10.0. The van der Waals surface area contributed by atoms with Gasteiger partial charge in [0.05, 0.1) is 60.0 Å². The molecule has 4 aromatic rings. The van der Waals surface area contributed by atoms with E-state index in [0.717, 1.165) is 10.5 Å². The van der Waals surface area contributed by atoms with Crippen molar-refractivity contribution in [2.45, 2.75) is 141 Å². The lowest BCUT2D eigenvalue weighted by Gasteiger charge is -2.31. The van der Waals surface area contributed by atoms with Crippen molar-refractivity contribution in [1.29, 1.82) is 0 Å². The fourth-order valence-corrected chi connectivity index (χ4v) is 11.1. The fraction of sp³-hybridized carbons (Fsp3) is 0.466. The molecule has 1 unspecified atom stereocenters. The van der Waals surface area contributed by atoms with Crippen molar-refractivity contribution in [3.05, 3.63) is 97.6 Å². The maximum Gasteiger partial charge on any atom is 0.343 e. The number of aliphatic hydroxyl groups is 1. The normalized spacial score (nSPS) is 18.5. The Balaban J connectivity index is 0.813. The molecule has 1 saturated heterocycles. The lowest BCUT2D eigenvalue weighted by atomic mass is 9.81. The van der Waals surface area contributed by atoms with Crippen molar-refractivity contribution in [2.75, 3.05) is 19.6 Å². The quantitative estimate of drug-likeness (QED) is 0.0263. The summed E-state index contributed by atoms with van der Waals surface area (Å²) in [5.74, 6) is -9.38. The number of hydrogen-bond acceptors (Lipinski definition) is 15. The highest BCUT2D eigenvalue weighted by molar-refractivity contribution is 6.04. The van der Waals surface area contributed by atoms with Crippen LogP contribution in [0.4, 0.5) is 4.39 Å². The second-order valence-electron chi connectivity index (χ2n) is 21.2. The molecule has 428 valence electrons. The van der Waals surface area contributed by atoms with Crippen molar-refractivity contribution in [1.82, 2.24) is 35.7 Å². The SMILES string of the molecule is CC[C@@]1(O)C(=O)OCc2c1cc1n(c2=O)Cc2c-1nc1cc(F)c(C)c3c1c2[C@@H](NC(=O)CCCNC(=O)CCC(=O)[C@H](Cc1ccccc1)NC(=O)CCC(=O)CNC(=O)[C@H](CC(=O)O)CC(=O)CCN1C(=O)CC(C)C1=O)CC3. The standard InChI is InChI=1S/C58H64FN7O15/c1-4-58(80)39-25-44-53-37(28-66(44)56(78)38(39)29-81-57(58)79)52-41(14-13-36-31(3)40(59)26-43(64-53)51(36)52)62-47(71)11-8-19-60-46(70)17-15-45(69)42(22-32-9-6-5-7-10-32)63-48(72)16-12-35(68)27-61-54(76)33(24-50(74)75)23-34(67)18-20-65-49(73)21-30(2)55(65)77/h5-7,9-10,25-26,30,33,41-42,80H,4,8,11-24,27-29H2,1-3H3,(H,60,70)(H,61,76)(H,62,71)(H,63,72)(H,74,75)/t30?,33-,41-,42-,58-/m0/s1. The highest BCUT2D eigenvalue weighted by Gasteiger charge is 2.46. The van der Waals surface area contributed by atoms with Gasteiger partial charge in [0.25, 0.3) is 5.56 Å². The van der Waals surface area contributed by atoms with Crippen LogP contribution < -0.4 is 26.8 Å². The van der Waals surface area contributed by atoms with E-state index in [4.69, 9.17) is 9.72 Å². The number of imide groups is 1. The number of likely N-dealkylation sites (tertiary alicyclic amines) is 1. The summed E-state index contributed by atoms with van der Waals surface area (Å²) >= 11 is 0. The molecule has 0 radical (unpaired) electrons. The highest BCUT2D eigenvalue weighted by atomic mass is 19.1. The minimum absolute atomic E-state index is 0.00197. The van der Waals surface area contributed by atoms with E-state index >= 15 is 4.39 Å². The molecule has 8 rings (SSSR count). The Bertz CT molecular complexity index is 3340. The van der Waals surface area contributed by atoms with Crippen LogP contribution in [-0.4, -0.2) is 115 Å². The van der Waals surface area contributed by atoms with Gasteiger partial charge in [0.1, 0.15) is 18.2 Å². The number of fused-ring (bicyclic) bond motifs is 5. The Morgan fingerprint density at radius 2 is 1.62 bits per heavy atom. The van der Waals surface area contributed by atoms with Crippen molar-refractivity contribution in [3.8, 4) is 11.4 Å². The predicted molar refractivity (Wildman–Crippen MR) is 285 cm³/mol. The molecule has 0 bridgehead atoms. The minimum atomic E-state index is -2.05. The number of halogens is 1. The Morgan fingerprint density at radius 1 is 0.877 bits per heavy atom. The second-order valence-corrected chi connectivity index (χ2v) is 21.2. The molecule has 4 aliphatic rings. The Hall–Kier alpha value is -8.34. The van der Waals surface area contributed by atoms with E-state index in [1.807, 2.05) is 0 Å². The number of benzene rings is 2. The molecule has 5 heterocycles. The number of hydrogen-bond donors (Lipinski definition) is 6. The summed E-state index contributed by atoms with van der Waals surface area (Å²) in [4.78, 5) is 160. The molecule has 23 heteroatoms. The molecule has 2 aromatic heterocycles. The number of Topliss-reactive ketones (excluding diaryl/α,β-unsaturated/α-hetero) is 3. The topological polar surface area (TPSA) is 324 Å². The molecule has 1 aliphatic carbocycles. The van der Waals surface area contributed by atoms with Gasteiger partial charge in [0.2, 0.25) is 35.4 Å². The van der Waals surface area contributed by atoms with Gasteiger partial charge in [-0.3, -0.25) is 57.6 Å². The zero-order valence-electron chi connectivity index (χ0n) is 45.2. The van der Waals surface area contributed by atoms with Gasteiger partial charge in [-0.2, -0.15) is 0 Å². The summed E-state index contributed by atoms with van der Waals surface area (Å²) in [5, 5.41) is 32.3. The van der Waals surface area contributed by atoms with Gasteiger partial charge in [-0.05, 0) is 67.3 Å². The van der Waals surface area contributed by atoms with Gasteiger partial charge in [-0.25, -0.2) is 14.2 Å². The molecule has 6 N–H and O–H groups in total. The van der Waals surface area contributed by atoms with Crippen LogP contribution in [0.25, 0.3) is 22.3 Å². The number of ether oxygens (including phenoxy) is 1. The Labute approximate surface area is 463 Å². The fourth-order valence-electron chi connectivity index (χ4n) is 11.1. The molecule has 1 fully saturated rings. The van der Waals surface area contributed by atoms with E-state index in [1.165, 1.54) is 10.6 Å². The molecule has 2 aromatic carbocycles. The molecule has 6 amide bonds. The van der Waals surface area contributed by atoms with Crippen LogP contribution >= 0.6 is 0 Å². The van der Waals surface area contributed by atoms with Gasteiger partial charge in [0, 0.05) is 93.0 Å². The second kappa shape index (κ2) is 25.0. The molecule has 5 atom stereocenters. The number of cyclic esters (lactones) is 1. The van der Waals surface area contributed by atoms with E-state index in [0.29, 0.717) is 57.4 Å². The maximum atomic E-state index is 15.4. The number of ketones is 3. The lowest BCUT2D eigenvalue weighted by molar-refractivity contribution is -0.172. The number of nitrogens with zero attached hydrogens (tertiary/aromatic N) is 3. The first-order valence-corrected chi connectivity index (χ1v) is 27.2. The summed E-state index contributed by atoms with van der Waals surface area (Å²) in [5.41, 5.74) is 2.04. The van der Waals surface area contributed by atoms with Crippen molar-refractivity contribution < 1.29 is 72.1 Å². The number of rotatable bonds is 26. The van der Waals surface area contributed by atoms with E-state index in [2.05, 4.69) is 21.3 Å². The summed E-state index contributed by atoms with van der Waals surface area (Å²) in [6.07, 6.45) is -1.66. The number of pyridine rings is 2. The lowest BCUT2D eigenvalue weighted by Crippen LogP contribution is -2.44. The number of carbonyl (C=O) groups excluding carboxylic acids is 10. The molecular weight excluding hydrogens is 1050 g/mol. The number of carbonyl (C=O) groups is 11. The number of carboxylic acid groups (broad SMARTS) is 1. The zero-order valence-corrected chi connectivity index (χ0v) is 45.2. The van der Waals surface area contributed by atoms with Crippen LogP contribution in [-0.2, 0) is 89.1 Å². The first-order valence-electron chi connectivity index (χ1n) is 27.2. The first kappa shape index (κ1) is 58.8. The van der Waals surface area contributed by atoms with E-state index in [-0.39, 0.29) is 107 Å². The van der Waals surface area contributed by atoms with Crippen LogP contribution in [0.5, 0.6) is 0 Å². The van der Waals surface area contributed by atoms with Crippen molar-refractivity contribution in [2.24, 2.45) is 11.8 Å². The third kappa shape index (κ3) is 13.0. The summed E-state index contributed by atoms with van der Waals surface area (Å²) < 4.78 is 22.1. The van der Waals surface area contributed by atoms with Gasteiger partial charge in [-0.1, -0.05) is 44.2 Å². The average molecular weight is 1120 g/mol. The largest absolute Gasteiger partial charge is 0.481 e. The van der Waals surface area contributed by atoms with Crippen molar-refractivity contribution in [3.63, 3.8) is 0 Å². The van der Waals surface area contributed by atoms with E-state index in [1.54, 1.807) is 57.2 Å². The van der Waals surface area contributed by atoms with Gasteiger partial charge in [0.15, 0.2) is 17.2 Å². The zero-order chi connectivity index (χ0) is 58.4. The van der Waals surface area contributed by atoms with Gasteiger partial charge < -0.3 is 40.8 Å². The third-order valence-corrected chi connectivity index (χ3v) is 15.7. The van der Waals surface area contributed by atoms with Crippen LogP contribution in [0.1, 0.15) is 136 Å². The molecule has 81 heavy (non-hydrogen) atoms. The Morgan fingerprint density at radius 3 is 2.32 bits per heavy atom. The van der Waals surface area contributed by atoms with Crippen LogP contribution in [0.2, 0.25) is 0 Å². The molecule has 3 aliphatic heterocycles. The monoisotopic (exact) mass is 1120 g/mol. The number of aliphatic carboxylic acids is 1.